The van der Waals surface area contributed by atoms with Crippen molar-refractivity contribution < 1.29 is 18.7 Å². The van der Waals surface area contributed by atoms with Crippen LogP contribution in [0.4, 0.5) is 0 Å². The summed E-state index contributed by atoms with van der Waals surface area (Å²) in [4.78, 5) is 25.1. The van der Waals surface area contributed by atoms with E-state index in [9.17, 15) is 9.59 Å². The molecule has 0 fully saturated rings. The van der Waals surface area contributed by atoms with Crippen LogP contribution >= 0.6 is 11.6 Å². The molecule has 3 aromatic rings. The SMILES string of the molecule is Cc1ccc(-c2oc3cc(C)c(Cl)cc3c(=O)c2OCC(=O)OCC(C)C)cc1. The molecule has 0 radical (unpaired) electrons. The molecular weight excluding hydrogens is 392 g/mol. The van der Waals surface area contributed by atoms with Crippen molar-refractivity contribution in [1.82, 2.24) is 0 Å². The number of ether oxygens (including phenoxy) is 2. The summed E-state index contributed by atoms with van der Waals surface area (Å²) in [5.41, 5.74) is 2.55. The van der Waals surface area contributed by atoms with E-state index in [2.05, 4.69) is 0 Å². The summed E-state index contributed by atoms with van der Waals surface area (Å²) < 4.78 is 16.8. The van der Waals surface area contributed by atoms with Crippen molar-refractivity contribution >= 4 is 28.5 Å². The molecule has 0 saturated carbocycles. The molecule has 0 amide bonds. The van der Waals surface area contributed by atoms with E-state index in [1.54, 1.807) is 12.1 Å². The Bertz CT molecular complexity index is 1100. The summed E-state index contributed by atoms with van der Waals surface area (Å²) >= 11 is 6.19. The molecule has 0 bridgehead atoms. The first-order chi connectivity index (χ1) is 13.8. The van der Waals surface area contributed by atoms with E-state index in [1.807, 2.05) is 52.0 Å². The number of halogens is 1. The molecule has 5 nitrogen and oxygen atoms in total. The van der Waals surface area contributed by atoms with Crippen LogP contribution in [-0.4, -0.2) is 19.2 Å². The lowest BCUT2D eigenvalue weighted by Gasteiger charge is -2.13. The van der Waals surface area contributed by atoms with Gasteiger partial charge in [-0.25, -0.2) is 4.79 Å². The summed E-state index contributed by atoms with van der Waals surface area (Å²) in [6.45, 7) is 7.58. The highest BCUT2D eigenvalue weighted by Gasteiger charge is 2.20. The van der Waals surface area contributed by atoms with Gasteiger partial charge in [0.1, 0.15) is 5.58 Å². The molecule has 1 heterocycles. The Kier molecular flexibility index (Phi) is 6.28. The standard InChI is InChI=1S/C23H23ClO5/c1-13(2)11-27-20(25)12-28-23-21(26)17-10-18(24)15(4)9-19(17)29-22(23)16-7-5-14(3)6-8-16/h5-10,13H,11-12H2,1-4H3. The van der Waals surface area contributed by atoms with Crippen LogP contribution in [-0.2, 0) is 9.53 Å². The van der Waals surface area contributed by atoms with Crippen LogP contribution in [0.1, 0.15) is 25.0 Å². The molecule has 0 unspecified atom stereocenters. The number of carbonyl (C=O) groups is 1. The first-order valence-electron chi connectivity index (χ1n) is 9.38. The zero-order valence-corrected chi connectivity index (χ0v) is 17.6. The maximum atomic E-state index is 13.1. The van der Waals surface area contributed by atoms with Gasteiger partial charge in [-0.1, -0.05) is 55.3 Å². The van der Waals surface area contributed by atoms with E-state index in [1.165, 1.54) is 0 Å². The van der Waals surface area contributed by atoms with E-state index < -0.39 is 5.97 Å². The second kappa shape index (κ2) is 8.70. The van der Waals surface area contributed by atoms with Gasteiger partial charge in [0.15, 0.2) is 12.4 Å². The number of rotatable bonds is 6. The Balaban J connectivity index is 2.07. The zero-order valence-electron chi connectivity index (χ0n) is 16.9. The molecular formula is C23H23ClO5. The molecule has 0 aliphatic heterocycles. The summed E-state index contributed by atoms with van der Waals surface area (Å²) in [5, 5.41) is 0.747. The third kappa shape index (κ3) is 4.80. The van der Waals surface area contributed by atoms with Crippen LogP contribution < -0.4 is 10.2 Å². The lowest BCUT2D eigenvalue weighted by atomic mass is 10.1. The fourth-order valence-electron chi connectivity index (χ4n) is 2.76. The first-order valence-corrected chi connectivity index (χ1v) is 9.76. The average Bonchev–Trinajstić information content (AvgIpc) is 2.68. The van der Waals surface area contributed by atoms with Crippen molar-refractivity contribution in [3.05, 3.63) is 62.8 Å². The van der Waals surface area contributed by atoms with E-state index in [-0.39, 0.29) is 36.1 Å². The molecule has 0 saturated heterocycles. The molecule has 0 N–H and O–H groups in total. The largest absolute Gasteiger partial charge is 0.474 e. The van der Waals surface area contributed by atoms with Crippen molar-refractivity contribution in [2.45, 2.75) is 27.7 Å². The Morgan fingerprint density at radius 3 is 2.48 bits per heavy atom. The highest BCUT2D eigenvalue weighted by molar-refractivity contribution is 6.32. The average molecular weight is 415 g/mol. The Hall–Kier alpha value is -2.79. The molecule has 0 aliphatic carbocycles. The Morgan fingerprint density at radius 1 is 1.14 bits per heavy atom. The van der Waals surface area contributed by atoms with Crippen molar-refractivity contribution in [3.63, 3.8) is 0 Å². The van der Waals surface area contributed by atoms with Gasteiger partial charge in [-0.2, -0.15) is 0 Å². The number of fused-ring (bicyclic) bond motifs is 1. The van der Waals surface area contributed by atoms with E-state index in [0.717, 1.165) is 11.1 Å². The minimum absolute atomic E-state index is 0.0391. The lowest BCUT2D eigenvalue weighted by Crippen LogP contribution is -2.20. The molecule has 2 aromatic carbocycles. The van der Waals surface area contributed by atoms with Gasteiger partial charge >= 0.3 is 5.97 Å². The molecule has 29 heavy (non-hydrogen) atoms. The smallest absolute Gasteiger partial charge is 0.344 e. The molecule has 0 atom stereocenters. The predicted molar refractivity (Wildman–Crippen MR) is 114 cm³/mol. The van der Waals surface area contributed by atoms with Gasteiger partial charge in [-0.15, -0.1) is 0 Å². The van der Waals surface area contributed by atoms with Crippen LogP contribution in [0.15, 0.2) is 45.6 Å². The Labute approximate surface area is 174 Å². The minimum atomic E-state index is -0.546. The van der Waals surface area contributed by atoms with Crippen LogP contribution in [0.25, 0.3) is 22.3 Å². The van der Waals surface area contributed by atoms with Crippen molar-refractivity contribution in [3.8, 4) is 17.1 Å². The highest BCUT2D eigenvalue weighted by Crippen LogP contribution is 2.32. The normalized spacial score (nSPS) is 11.1. The van der Waals surface area contributed by atoms with Crippen molar-refractivity contribution in [2.24, 2.45) is 5.92 Å². The van der Waals surface area contributed by atoms with Gasteiger partial charge in [0.25, 0.3) is 0 Å². The van der Waals surface area contributed by atoms with Gasteiger partial charge < -0.3 is 13.9 Å². The predicted octanol–water partition coefficient (Wildman–Crippen LogP) is 5.31. The molecule has 152 valence electrons. The van der Waals surface area contributed by atoms with Gasteiger partial charge in [-0.3, -0.25) is 4.79 Å². The minimum Gasteiger partial charge on any atom is -0.474 e. The molecule has 1 aromatic heterocycles. The number of esters is 1. The lowest BCUT2D eigenvalue weighted by molar-refractivity contribution is -0.147. The molecule has 3 rings (SSSR count). The summed E-state index contributed by atoms with van der Waals surface area (Å²) in [6, 6.07) is 10.8. The molecule has 0 spiro atoms. The first kappa shape index (κ1) is 20.9. The van der Waals surface area contributed by atoms with E-state index >= 15 is 0 Å². The Morgan fingerprint density at radius 2 is 1.83 bits per heavy atom. The number of hydrogen-bond acceptors (Lipinski definition) is 5. The quantitative estimate of drug-likeness (QED) is 0.511. The van der Waals surface area contributed by atoms with E-state index in [4.69, 9.17) is 25.5 Å². The molecule has 0 aliphatic rings. The van der Waals surface area contributed by atoms with Gasteiger partial charge in [0.05, 0.1) is 12.0 Å². The van der Waals surface area contributed by atoms with Crippen LogP contribution in [0, 0.1) is 19.8 Å². The van der Waals surface area contributed by atoms with Crippen LogP contribution in [0.2, 0.25) is 5.02 Å². The summed E-state index contributed by atoms with van der Waals surface area (Å²) in [6.07, 6.45) is 0. The highest BCUT2D eigenvalue weighted by atomic mass is 35.5. The van der Waals surface area contributed by atoms with Crippen molar-refractivity contribution in [1.29, 1.82) is 0 Å². The van der Waals surface area contributed by atoms with Gasteiger partial charge in [0.2, 0.25) is 11.2 Å². The number of carbonyl (C=O) groups excluding carboxylic acids is 1. The maximum absolute atomic E-state index is 13.1. The second-order valence-electron chi connectivity index (χ2n) is 7.42. The second-order valence-corrected chi connectivity index (χ2v) is 7.83. The van der Waals surface area contributed by atoms with Gasteiger partial charge in [0, 0.05) is 10.6 Å². The van der Waals surface area contributed by atoms with Crippen molar-refractivity contribution in [2.75, 3.05) is 13.2 Å². The van der Waals surface area contributed by atoms with Gasteiger partial charge in [-0.05, 0) is 37.5 Å². The summed E-state index contributed by atoms with van der Waals surface area (Å²) in [7, 11) is 0. The number of benzene rings is 2. The third-order valence-corrected chi connectivity index (χ3v) is 4.76. The third-order valence-electron chi connectivity index (χ3n) is 4.36. The topological polar surface area (TPSA) is 65.7 Å². The number of aryl methyl sites for hydroxylation is 2. The molecule has 6 heteroatoms. The fraction of sp³-hybridized carbons (Fsp3) is 0.304. The van der Waals surface area contributed by atoms with E-state index in [0.29, 0.717) is 21.6 Å². The summed E-state index contributed by atoms with van der Waals surface area (Å²) in [5.74, 6) is -0.114. The fourth-order valence-corrected chi connectivity index (χ4v) is 2.92. The van der Waals surface area contributed by atoms with Crippen LogP contribution in [0.5, 0.6) is 5.75 Å². The number of hydrogen-bond donors (Lipinski definition) is 0. The van der Waals surface area contributed by atoms with Crippen LogP contribution in [0.3, 0.4) is 0 Å². The maximum Gasteiger partial charge on any atom is 0.344 e. The monoisotopic (exact) mass is 414 g/mol. The zero-order chi connectivity index (χ0) is 21.1.